The zero-order chi connectivity index (χ0) is 14.9. The van der Waals surface area contributed by atoms with Crippen LogP contribution in [0.2, 0.25) is 0 Å². The van der Waals surface area contributed by atoms with Crippen LogP contribution in [0.4, 0.5) is 13.2 Å². The van der Waals surface area contributed by atoms with Crippen molar-refractivity contribution >= 4 is 15.9 Å². The molecule has 0 unspecified atom stereocenters. The summed E-state index contributed by atoms with van der Waals surface area (Å²) in [7, 11) is -5.57. The molecule has 0 amide bonds. The Morgan fingerprint density at radius 3 is 2.37 bits per heavy atom. The highest BCUT2D eigenvalue weighted by molar-refractivity contribution is 7.87. The zero-order valence-electron chi connectivity index (χ0n) is 10.8. The number of rotatable bonds is 4. The lowest BCUT2D eigenvalue weighted by Crippen LogP contribution is -2.36. The van der Waals surface area contributed by atoms with Gasteiger partial charge in [-0.2, -0.15) is 21.6 Å². The Hall–Kier alpha value is -0.630. The Labute approximate surface area is 110 Å². The lowest BCUT2D eigenvalue weighted by molar-refractivity contribution is -0.123. The second-order valence-corrected chi connectivity index (χ2v) is 7.09. The third kappa shape index (κ3) is 4.17. The quantitative estimate of drug-likeness (QED) is 0.591. The van der Waals surface area contributed by atoms with Crippen molar-refractivity contribution in [2.75, 3.05) is 6.61 Å². The van der Waals surface area contributed by atoms with Gasteiger partial charge in [-0.25, -0.2) is 0 Å². The monoisotopic (exact) mass is 302 g/mol. The fourth-order valence-corrected chi connectivity index (χ4v) is 2.70. The van der Waals surface area contributed by atoms with Crippen molar-refractivity contribution in [2.24, 2.45) is 11.3 Å². The summed E-state index contributed by atoms with van der Waals surface area (Å²) >= 11 is 0. The maximum atomic E-state index is 12.1. The molecule has 112 valence electrons. The lowest BCUT2D eigenvalue weighted by Gasteiger charge is -2.35. The second kappa shape index (κ2) is 5.40. The Kier molecular flexibility index (Phi) is 4.66. The van der Waals surface area contributed by atoms with Gasteiger partial charge in [0.1, 0.15) is 5.78 Å². The van der Waals surface area contributed by atoms with E-state index in [1.54, 1.807) is 13.8 Å². The summed E-state index contributed by atoms with van der Waals surface area (Å²) in [5.41, 5.74) is -6.21. The predicted octanol–water partition coefficient (Wildman–Crippen LogP) is 2.64. The van der Waals surface area contributed by atoms with E-state index < -0.39 is 27.6 Å². The normalized spacial score (nSPS) is 22.6. The number of hydrogen-bond donors (Lipinski definition) is 0. The van der Waals surface area contributed by atoms with Gasteiger partial charge < -0.3 is 0 Å². The van der Waals surface area contributed by atoms with Crippen molar-refractivity contribution in [2.45, 2.75) is 45.0 Å². The average molecular weight is 302 g/mol. The van der Waals surface area contributed by atoms with Gasteiger partial charge in [0.2, 0.25) is 0 Å². The molecule has 8 heteroatoms. The molecule has 0 aromatic heterocycles. The fourth-order valence-electron chi connectivity index (χ4n) is 2.11. The van der Waals surface area contributed by atoms with Crippen LogP contribution in [0.5, 0.6) is 0 Å². The molecule has 4 nitrogen and oxygen atoms in total. The van der Waals surface area contributed by atoms with E-state index in [9.17, 15) is 26.4 Å². The number of carbonyl (C=O) groups is 1. The van der Waals surface area contributed by atoms with Crippen molar-refractivity contribution in [3.63, 3.8) is 0 Å². The van der Waals surface area contributed by atoms with Crippen molar-refractivity contribution in [1.29, 1.82) is 0 Å². The molecule has 1 atom stereocenters. The minimum Gasteiger partial charge on any atom is -0.300 e. The summed E-state index contributed by atoms with van der Waals surface area (Å²) in [4.78, 5) is 11.3. The molecular weight excluding hydrogens is 285 g/mol. The van der Waals surface area contributed by atoms with Crippen LogP contribution in [0.1, 0.15) is 39.5 Å². The highest BCUT2D eigenvalue weighted by atomic mass is 32.2. The summed E-state index contributed by atoms with van der Waals surface area (Å²) in [6, 6.07) is 0. The molecule has 0 radical (unpaired) electrons. The molecule has 0 bridgehead atoms. The first-order chi connectivity index (χ1) is 8.46. The summed E-state index contributed by atoms with van der Waals surface area (Å²) in [5, 5.41) is 0. The van der Waals surface area contributed by atoms with Crippen LogP contribution in [0.15, 0.2) is 0 Å². The topological polar surface area (TPSA) is 60.4 Å². The van der Waals surface area contributed by atoms with Gasteiger partial charge in [-0.15, -0.1) is 0 Å². The molecule has 0 N–H and O–H groups in total. The van der Waals surface area contributed by atoms with Crippen molar-refractivity contribution in [3.05, 3.63) is 0 Å². The molecule has 1 aliphatic carbocycles. The van der Waals surface area contributed by atoms with Gasteiger partial charge in [-0.05, 0) is 24.2 Å². The Balaban J connectivity index is 2.67. The van der Waals surface area contributed by atoms with E-state index in [0.29, 0.717) is 19.3 Å². The van der Waals surface area contributed by atoms with Crippen LogP contribution in [-0.2, 0) is 19.1 Å². The number of alkyl halides is 3. The van der Waals surface area contributed by atoms with E-state index in [0.717, 1.165) is 0 Å². The maximum absolute atomic E-state index is 12.1. The Morgan fingerprint density at radius 2 is 1.89 bits per heavy atom. The van der Waals surface area contributed by atoms with E-state index in [4.69, 9.17) is 0 Å². The van der Waals surface area contributed by atoms with E-state index in [1.165, 1.54) is 0 Å². The Bertz CT molecular complexity index is 439. The molecule has 0 aromatic rings. The van der Waals surface area contributed by atoms with Gasteiger partial charge in [-0.3, -0.25) is 8.98 Å². The molecule has 0 aliphatic heterocycles. The summed E-state index contributed by atoms with van der Waals surface area (Å²) in [6.07, 6.45) is 2.11. The smallest absolute Gasteiger partial charge is 0.300 e. The van der Waals surface area contributed by atoms with Crippen LogP contribution in [0.25, 0.3) is 0 Å². The van der Waals surface area contributed by atoms with Crippen LogP contribution < -0.4 is 0 Å². The molecule has 0 aromatic carbocycles. The molecule has 0 saturated heterocycles. The highest BCUT2D eigenvalue weighted by Crippen LogP contribution is 2.38. The van der Waals surface area contributed by atoms with Crippen LogP contribution >= 0.6 is 0 Å². The van der Waals surface area contributed by atoms with Crippen molar-refractivity contribution in [1.82, 2.24) is 0 Å². The number of halogens is 3. The van der Waals surface area contributed by atoms with Crippen LogP contribution in [0, 0.1) is 11.3 Å². The van der Waals surface area contributed by atoms with Crippen molar-refractivity contribution < 1.29 is 30.6 Å². The van der Waals surface area contributed by atoms with Gasteiger partial charge in [0.05, 0.1) is 6.61 Å². The van der Waals surface area contributed by atoms with Crippen LogP contribution in [-0.4, -0.2) is 26.3 Å². The average Bonchev–Trinajstić information content (AvgIpc) is 2.25. The van der Waals surface area contributed by atoms with Crippen LogP contribution in [0.3, 0.4) is 0 Å². The number of Topliss-reactive ketones (excluding diaryl/α,β-unsaturated/α-hetero) is 1. The summed E-state index contributed by atoms with van der Waals surface area (Å²) < 4.78 is 62.2. The molecule has 1 rings (SSSR count). The molecular formula is C11H17F3O4S. The number of carbonyl (C=O) groups excluding carboxylic acids is 1. The predicted molar refractivity (Wildman–Crippen MR) is 61.7 cm³/mol. The minimum atomic E-state index is -5.57. The SMILES string of the molecule is CC(C)(COS(=O)(=O)C(F)(F)F)[C@@H]1CCCC(=O)C1. The first kappa shape index (κ1) is 16.4. The molecule has 0 spiro atoms. The van der Waals surface area contributed by atoms with E-state index >= 15 is 0 Å². The van der Waals surface area contributed by atoms with Gasteiger partial charge in [0.15, 0.2) is 0 Å². The molecule has 19 heavy (non-hydrogen) atoms. The standard InChI is InChI=1S/C11H17F3O4S/c1-10(2,8-4-3-5-9(15)6-8)7-18-19(16,17)11(12,13)14/h8H,3-7H2,1-2H3/t8-/m1/s1. The molecule has 1 saturated carbocycles. The minimum absolute atomic E-state index is 0.0583. The molecule has 0 heterocycles. The molecule has 1 fully saturated rings. The van der Waals surface area contributed by atoms with Gasteiger partial charge in [0.25, 0.3) is 0 Å². The fraction of sp³-hybridized carbons (Fsp3) is 0.909. The maximum Gasteiger partial charge on any atom is 0.523 e. The van der Waals surface area contributed by atoms with Crippen molar-refractivity contribution in [3.8, 4) is 0 Å². The van der Waals surface area contributed by atoms with Gasteiger partial charge >= 0.3 is 15.6 Å². The number of ketones is 1. The third-order valence-corrected chi connectivity index (χ3v) is 4.45. The second-order valence-electron chi connectivity index (χ2n) is 5.48. The van der Waals surface area contributed by atoms with Gasteiger partial charge in [0, 0.05) is 12.8 Å². The first-order valence-corrected chi connectivity index (χ1v) is 7.34. The third-order valence-electron chi connectivity index (χ3n) is 3.46. The Morgan fingerprint density at radius 1 is 1.32 bits per heavy atom. The lowest BCUT2D eigenvalue weighted by atomic mass is 9.71. The largest absolute Gasteiger partial charge is 0.523 e. The van der Waals surface area contributed by atoms with Gasteiger partial charge in [-0.1, -0.05) is 13.8 Å². The zero-order valence-corrected chi connectivity index (χ0v) is 11.6. The van der Waals surface area contributed by atoms with E-state index in [-0.39, 0.29) is 18.1 Å². The van der Waals surface area contributed by atoms with E-state index in [2.05, 4.69) is 4.18 Å². The number of hydrogen-bond acceptors (Lipinski definition) is 4. The first-order valence-electron chi connectivity index (χ1n) is 5.93. The summed E-state index contributed by atoms with van der Waals surface area (Å²) in [5.74, 6) is -0.0970. The summed E-state index contributed by atoms with van der Waals surface area (Å²) in [6.45, 7) is 2.65. The van der Waals surface area contributed by atoms with E-state index in [1.807, 2.05) is 0 Å². The highest BCUT2D eigenvalue weighted by Gasteiger charge is 2.48. The molecule has 1 aliphatic rings.